The molecule has 0 aliphatic heterocycles. The highest BCUT2D eigenvalue weighted by molar-refractivity contribution is 8.12. The lowest BCUT2D eigenvalue weighted by atomic mass is 10.3. The van der Waals surface area contributed by atoms with Crippen molar-refractivity contribution in [1.29, 1.82) is 5.26 Å². The van der Waals surface area contributed by atoms with Crippen molar-refractivity contribution in [1.82, 2.24) is 0 Å². The predicted molar refractivity (Wildman–Crippen MR) is 68.3 cm³/mol. The molecule has 88 valence electrons. The van der Waals surface area contributed by atoms with E-state index < -0.39 is 12.4 Å². The van der Waals surface area contributed by atoms with Gasteiger partial charge in [-0.25, -0.2) is 0 Å². The van der Waals surface area contributed by atoms with Gasteiger partial charge in [0.1, 0.15) is 17.6 Å². The van der Waals surface area contributed by atoms with Gasteiger partial charge < -0.3 is 8.94 Å². The van der Waals surface area contributed by atoms with Gasteiger partial charge in [-0.05, 0) is 31.4 Å². The van der Waals surface area contributed by atoms with Crippen molar-refractivity contribution in [2.75, 3.05) is 12.3 Å². The van der Waals surface area contributed by atoms with Gasteiger partial charge in [-0.3, -0.25) is 0 Å². The van der Waals surface area contributed by atoms with Gasteiger partial charge >= 0.3 is 0 Å². The minimum atomic E-state index is -1.86. The molecule has 1 aromatic heterocycles. The van der Waals surface area contributed by atoms with E-state index in [0.29, 0.717) is 5.76 Å². The topological polar surface area (TPSA) is 46.2 Å². The predicted octanol–water partition coefficient (Wildman–Crippen LogP) is 3.60. The summed E-state index contributed by atoms with van der Waals surface area (Å²) < 4.78 is 11.2. The van der Waals surface area contributed by atoms with Crippen molar-refractivity contribution < 1.29 is 8.94 Å². The molecule has 1 rings (SSSR count). The highest BCUT2D eigenvalue weighted by Crippen LogP contribution is 2.50. The first-order valence-corrected chi connectivity index (χ1v) is 8.36. The molecular weight excluding hydrogens is 241 g/mol. The van der Waals surface area contributed by atoms with Gasteiger partial charge in [-0.1, -0.05) is 25.7 Å². The normalized spacial score (nSPS) is 13.4. The highest BCUT2D eigenvalue weighted by atomic mass is 32.4. The van der Waals surface area contributed by atoms with Gasteiger partial charge in [0, 0.05) is 0 Å². The Morgan fingerprint density at radius 3 is 2.50 bits per heavy atom. The molecule has 1 aromatic rings. The molecule has 1 atom stereocenters. The van der Waals surface area contributed by atoms with Gasteiger partial charge in [-0.2, -0.15) is 5.26 Å². The summed E-state index contributed by atoms with van der Waals surface area (Å²) in [7, 11) is 0. The molecule has 0 aromatic carbocycles. The summed E-state index contributed by atoms with van der Waals surface area (Å²) in [4.78, 5) is 0. The maximum atomic E-state index is 9.08. The van der Waals surface area contributed by atoms with Crippen LogP contribution in [0.3, 0.4) is 0 Å². The van der Waals surface area contributed by atoms with E-state index in [4.69, 9.17) is 26.0 Å². The Hall–Kier alpha value is -0.620. The van der Waals surface area contributed by atoms with E-state index >= 15 is 0 Å². The molecule has 0 saturated carbocycles. The number of nitrogens with zero attached hydrogens (tertiary/aromatic N) is 1. The Balaban J connectivity index is 2.86. The van der Waals surface area contributed by atoms with E-state index in [1.807, 2.05) is 26.8 Å². The smallest absolute Gasteiger partial charge is 0.206 e. The molecule has 3 nitrogen and oxygen atoms in total. The van der Waals surface area contributed by atoms with Crippen LogP contribution in [-0.2, 0) is 16.3 Å². The van der Waals surface area contributed by atoms with E-state index in [-0.39, 0.29) is 0 Å². The van der Waals surface area contributed by atoms with Crippen LogP contribution < -0.4 is 0 Å². The van der Waals surface area contributed by atoms with Crippen LogP contribution in [0, 0.1) is 18.3 Å². The van der Waals surface area contributed by atoms with Crippen molar-refractivity contribution in [3.63, 3.8) is 0 Å². The average molecular weight is 257 g/mol. The second kappa shape index (κ2) is 5.63. The highest BCUT2D eigenvalue weighted by Gasteiger charge is 2.23. The molecule has 0 aliphatic rings. The van der Waals surface area contributed by atoms with E-state index in [9.17, 15) is 0 Å². The average Bonchev–Trinajstić information content (AvgIpc) is 2.72. The minimum absolute atomic E-state index is 0.552. The van der Waals surface area contributed by atoms with Gasteiger partial charge in [0.25, 0.3) is 0 Å². The Kier molecular flexibility index (Phi) is 4.73. The fourth-order valence-corrected chi connectivity index (χ4v) is 2.84. The third kappa shape index (κ3) is 3.18. The van der Waals surface area contributed by atoms with Crippen LogP contribution in [0.15, 0.2) is 16.5 Å². The third-order valence-electron chi connectivity index (χ3n) is 2.40. The fraction of sp³-hybridized carbons (Fsp3) is 0.545. The van der Waals surface area contributed by atoms with Crippen molar-refractivity contribution in [3.05, 3.63) is 23.7 Å². The van der Waals surface area contributed by atoms with Crippen LogP contribution in [0.25, 0.3) is 0 Å². The second-order valence-electron chi connectivity index (χ2n) is 3.51. The van der Waals surface area contributed by atoms with Crippen molar-refractivity contribution >= 4 is 18.1 Å². The summed E-state index contributed by atoms with van der Waals surface area (Å²) >= 11 is 5.45. The number of furan rings is 1. The minimum Gasteiger partial charge on any atom is -0.462 e. The third-order valence-corrected chi connectivity index (χ3v) is 6.73. The monoisotopic (exact) mass is 257 g/mol. The van der Waals surface area contributed by atoms with E-state index in [1.54, 1.807) is 6.07 Å². The Labute approximate surface area is 101 Å². The molecule has 0 aliphatic carbocycles. The maximum absolute atomic E-state index is 9.08. The van der Waals surface area contributed by atoms with E-state index in [1.165, 1.54) is 0 Å². The molecule has 1 unspecified atom stereocenters. The van der Waals surface area contributed by atoms with E-state index in [0.717, 1.165) is 18.1 Å². The summed E-state index contributed by atoms with van der Waals surface area (Å²) in [5.74, 6) is 1.33. The first-order chi connectivity index (χ1) is 7.54. The Morgan fingerprint density at radius 2 is 2.12 bits per heavy atom. The number of hydrogen-bond acceptors (Lipinski definition) is 4. The molecule has 0 N–H and O–H groups in total. The zero-order chi connectivity index (χ0) is 12.2. The van der Waals surface area contributed by atoms with Crippen LogP contribution in [0.4, 0.5) is 0 Å². The van der Waals surface area contributed by atoms with Gasteiger partial charge in [-0.15, -0.1) is 0 Å². The summed E-state index contributed by atoms with van der Waals surface area (Å²) in [5, 5.41) is 9.08. The van der Waals surface area contributed by atoms with Crippen LogP contribution in [0.5, 0.6) is 0 Å². The zero-order valence-corrected chi connectivity index (χ0v) is 11.5. The molecule has 0 saturated heterocycles. The standard InChI is InChI=1S/C11H16NO2PS/c1-4-15(16,5-2)14-11(8-12)10-7-6-9(3)13-10/h6-7,11H,4-5H2,1-3H3. The van der Waals surface area contributed by atoms with Gasteiger partial charge in [0.05, 0.1) is 6.26 Å². The van der Waals surface area contributed by atoms with Crippen LogP contribution in [0.1, 0.15) is 31.5 Å². The van der Waals surface area contributed by atoms with Crippen LogP contribution in [0.2, 0.25) is 0 Å². The first-order valence-electron chi connectivity index (χ1n) is 5.27. The number of nitriles is 1. The van der Waals surface area contributed by atoms with Crippen molar-refractivity contribution in [2.24, 2.45) is 0 Å². The van der Waals surface area contributed by atoms with Gasteiger partial charge in [0.2, 0.25) is 6.10 Å². The maximum Gasteiger partial charge on any atom is 0.206 e. The molecule has 0 bridgehead atoms. The lowest BCUT2D eigenvalue weighted by molar-refractivity contribution is 0.250. The zero-order valence-electron chi connectivity index (χ0n) is 9.77. The molecule has 0 amide bonds. The first kappa shape index (κ1) is 13.4. The lowest BCUT2D eigenvalue weighted by Crippen LogP contribution is -2.02. The fourth-order valence-electron chi connectivity index (χ4n) is 1.30. The summed E-state index contributed by atoms with van der Waals surface area (Å²) in [6, 6.07) is 5.70. The van der Waals surface area contributed by atoms with Crippen molar-refractivity contribution in [2.45, 2.75) is 26.9 Å². The molecular formula is C11H16NO2PS. The summed E-state index contributed by atoms with van der Waals surface area (Å²) in [6.45, 7) is 5.85. The summed E-state index contributed by atoms with van der Waals surface area (Å²) in [5.41, 5.74) is 0. The van der Waals surface area contributed by atoms with E-state index in [2.05, 4.69) is 6.07 Å². The number of aryl methyl sites for hydroxylation is 1. The van der Waals surface area contributed by atoms with Gasteiger partial charge in [0.15, 0.2) is 0 Å². The molecule has 0 spiro atoms. The van der Waals surface area contributed by atoms with Crippen LogP contribution in [-0.4, -0.2) is 12.3 Å². The van der Waals surface area contributed by atoms with Crippen molar-refractivity contribution in [3.8, 4) is 6.07 Å². The molecule has 16 heavy (non-hydrogen) atoms. The quantitative estimate of drug-likeness (QED) is 0.756. The van der Waals surface area contributed by atoms with Crippen LogP contribution >= 0.6 is 6.26 Å². The Bertz CT molecular complexity index is 427. The molecule has 0 radical (unpaired) electrons. The summed E-state index contributed by atoms with van der Waals surface area (Å²) in [6.07, 6.45) is -0.922. The molecule has 0 fully saturated rings. The molecule has 1 heterocycles. The Morgan fingerprint density at radius 1 is 1.50 bits per heavy atom. The molecule has 5 heteroatoms. The number of hydrogen-bond donors (Lipinski definition) is 0. The SMILES string of the molecule is CCP(=S)(CC)OC(C#N)c1ccc(C)o1. The second-order valence-corrected chi connectivity index (χ2v) is 8.61. The largest absolute Gasteiger partial charge is 0.462 e. The lowest BCUT2D eigenvalue weighted by Gasteiger charge is -2.21. The number of rotatable bonds is 5.